The molecule has 66 heavy (non-hydrogen) atoms. The molecular formula is C58H88ClN5O2. The summed E-state index contributed by atoms with van der Waals surface area (Å²) in [5, 5.41) is 21.5. The molecule has 3 N–H and O–H groups in total. The van der Waals surface area contributed by atoms with Crippen LogP contribution in [0.3, 0.4) is 0 Å². The molecule has 6 atom stereocenters. The van der Waals surface area contributed by atoms with Gasteiger partial charge in [-0.1, -0.05) is 173 Å². The van der Waals surface area contributed by atoms with Crippen molar-refractivity contribution in [3.05, 3.63) is 134 Å². The number of hydrogen-bond donors (Lipinski definition) is 2. The van der Waals surface area contributed by atoms with Gasteiger partial charge < -0.3 is 16.0 Å². The summed E-state index contributed by atoms with van der Waals surface area (Å²) in [6.45, 7) is 38.2. The summed E-state index contributed by atoms with van der Waals surface area (Å²) in [5.74, 6) is 0.716. The van der Waals surface area contributed by atoms with Gasteiger partial charge in [0.15, 0.2) is 0 Å². The lowest BCUT2D eigenvalue weighted by Crippen LogP contribution is -2.39. The minimum absolute atomic E-state index is 0.0110. The van der Waals surface area contributed by atoms with Crippen LogP contribution in [0.25, 0.3) is 12.2 Å². The Morgan fingerprint density at radius 3 is 1.39 bits per heavy atom. The molecule has 0 aliphatic rings. The number of amides is 1. The maximum atomic E-state index is 12.9. The zero-order valence-corrected chi connectivity index (χ0v) is 43.4. The molecule has 2 rings (SSSR count). The number of carbonyl (C=O) groups excluding carboxylic acids is 2. The minimum Gasteiger partial charge on any atom is -0.352 e. The lowest BCUT2D eigenvalue weighted by Gasteiger charge is -2.28. The molecule has 0 aliphatic carbocycles. The first-order valence-corrected chi connectivity index (χ1v) is 24.5. The Morgan fingerprint density at radius 2 is 1.09 bits per heavy atom. The third kappa shape index (κ3) is 28.3. The molecule has 8 heteroatoms. The van der Waals surface area contributed by atoms with Gasteiger partial charge in [-0.05, 0) is 130 Å². The SMILES string of the molecule is C=CC(C)CCC=CCC(C#N)CC(C)(CC)C(=O)Cl.C=Cc1ccc(CN)cc1.C=Cc1ccc(CNC(=O)C(C)(CC)CC(C#N)CC=CCCC(C)C=C)cc1.CCN(CC)CC. The van der Waals surface area contributed by atoms with Gasteiger partial charge in [0.1, 0.15) is 0 Å². The van der Waals surface area contributed by atoms with Gasteiger partial charge in [-0.15, -0.1) is 13.2 Å². The van der Waals surface area contributed by atoms with Crippen molar-refractivity contribution in [2.45, 2.75) is 140 Å². The second-order valence-corrected chi connectivity index (χ2v) is 17.9. The molecule has 2 aromatic carbocycles. The Bertz CT molecular complexity index is 1790. The fraction of sp³-hybridized carbons (Fsp3) is 0.517. The molecule has 364 valence electrons. The number of allylic oxidation sites excluding steroid dienone is 6. The number of carbonyl (C=O) groups is 2. The normalized spacial score (nSPS) is 14.3. The van der Waals surface area contributed by atoms with E-state index in [-0.39, 0.29) is 23.0 Å². The van der Waals surface area contributed by atoms with Crippen molar-refractivity contribution in [2.75, 3.05) is 19.6 Å². The molecule has 0 bridgehead atoms. The zero-order valence-electron chi connectivity index (χ0n) is 42.6. The molecule has 0 saturated carbocycles. The number of nitrogens with zero attached hydrogens (tertiary/aromatic N) is 3. The summed E-state index contributed by atoms with van der Waals surface area (Å²) >= 11 is 5.65. The van der Waals surface area contributed by atoms with Gasteiger partial charge in [0.05, 0.1) is 24.0 Å². The molecule has 0 radical (unpaired) electrons. The number of rotatable bonds is 28. The second kappa shape index (κ2) is 38.3. The van der Waals surface area contributed by atoms with E-state index >= 15 is 0 Å². The number of halogens is 1. The summed E-state index contributed by atoms with van der Waals surface area (Å²) in [5.41, 5.74) is 8.68. The van der Waals surface area contributed by atoms with Crippen LogP contribution in [0.2, 0.25) is 0 Å². The number of benzene rings is 2. The molecule has 0 aliphatic heterocycles. The Balaban J connectivity index is 0. The first-order valence-electron chi connectivity index (χ1n) is 24.2. The largest absolute Gasteiger partial charge is 0.352 e. The molecule has 2 aromatic rings. The van der Waals surface area contributed by atoms with Gasteiger partial charge in [0.2, 0.25) is 11.1 Å². The van der Waals surface area contributed by atoms with Crippen molar-refractivity contribution in [3.63, 3.8) is 0 Å². The Labute approximate surface area is 408 Å². The standard InChI is InChI=1S/C26H36N2O.C17H26ClNO.C9H11N.C6H15N/c1-6-21(4)12-10-9-11-13-24(19-27)18-26(5,8-3)25(29)28-20-23-16-14-22(7-2)15-17-23;1-5-14(3)10-8-7-9-11-15(13-19)12-17(4,6-2)16(18)20;1-2-8-3-5-9(7-10)6-4-8;1-4-7(5-2)6-3/h6-7,9,11,14-17,21,24H,1-2,8,10,12-13,18,20H2,3-5H3,(H,28,29);5,7,9,14-15H,1,6,8,10-12H2,2-4H3;2-6H,1,7,10H2;4-6H2,1-3H3. The second-order valence-electron chi connectivity index (χ2n) is 17.6. The average Bonchev–Trinajstić information content (AvgIpc) is 3.35. The lowest BCUT2D eigenvalue weighted by atomic mass is 9.77. The van der Waals surface area contributed by atoms with Crippen molar-refractivity contribution in [2.24, 2.45) is 40.2 Å². The van der Waals surface area contributed by atoms with Crippen molar-refractivity contribution < 1.29 is 9.59 Å². The maximum absolute atomic E-state index is 12.9. The first-order chi connectivity index (χ1) is 31.5. The van der Waals surface area contributed by atoms with Gasteiger partial charge in [0.25, 0.3) is 0 Å². The lowest BCUT2D eigenvalue weighted by molar-refractivity contribution is -0.131. The number of nitrogens with two attached hydrogens (primary N) is 1. The van der Waals surface area contributed by atoms with Gasteiger partial charge in [0, 0.05) is 23.9 Å². The summed E-state index contributed by atoms with van der Waals surface area (Å²) < 4.78 is 0. The minimum atomic E-state index is -0.590. The van der Waals surface area contributed by atoms with E-state index in [2.05, 4.69) is 102 Å². The number of nitriles is 2. The molecule has 0 spiro atoms. The molecule has 0 fully saturated rings. The van der Waals surface area contributed by atoms with E-state index in [9.17, 15) is 20.1 Å². The fourth-order valence-electron chi connectivity index (χ4n) is 6.55. The molecule has 0 heterocycles. The van der Waals surface area contributed by atoms with Crippen LogP contribution in [0.5, 0.6) is 0 Å². The summed E-state index contributed by atoms with van der Waals surface area (Å²) in [4.78, 5) is 26.7. The third-order valence-electron chi connectivity index (χ3n) is 12.4. The van der Waals surface area contributed by atoms with Crippen molar-refractivity contribution in [1.82, 2.24) is 10.2 Å². The molecule has 1 amide bonds. The van der Waals surface area contributed by atoms with Crippen molar-refractivity contribution >= 4 is 34.9 Å². The Kier molecular flexibility index (Phi) is 36.8. The predicted molar refractivity (Wildman–Crippen MR) is 286 cm³/mol. The monoisotopic (exact) mass is 922 g/mol. The van der Waals surface area contributed by atoms with Crippen LogP contribution >= 0.6 is 11.6 Å². The van der Waals surface area contributed by atoms with Gasteiger partial charge in [-0.3, -0.25) is 9.59 Å². The average molecular weight is 923 g/mol. The van der Waals surface area contributed by atoms with Gasteiger partial charge in [-0.2, -0.15) is 10.5 Å². The van der Waals surface area contributed by atoms with Crippen LogP contribution in [0.4, 0.5) is 0 Å². The van der Waals surface area contributed by atoms with E-state index in [4.69, 9.17) is 17.3 Å². The Morgan fingerprint density at radius 1 is 0.697 bits per heavy atom. The van der Waals surface area contributed by atoms with Crippen LogP contribution in [0, 0.1) is 57.2 Å². The van der Waals surface area contributed by atoms with Crippen LogP contribution in [-0.4, -0.2) is 35.7 Å². The summed E-state index contributed by atoms with van der Waals surface area (Å²) in [6.07, 6.45) is 23.8. The van der Waals surface area contributed by atoms with E-state index in [1.54, 1.807) is 6.08 Å². The quantitative estimate of drug-likeness (QED) is 0.0647. The highest BCUT2D eigenvalue weighted by molar-refractivity contribution is 6.64. The molecule has 0 aromatic heterocycles. The van der Waals surface area contributed by atoms with Crippen LogP contribution < -0.4 is 11.1 Å². The smallest absolute Gasteiger partial charge is 0.227 e. The number of nitrogens with one attached hydrogen (secondary N) is 1. The van der Waals surface area contributed by atoms with Crippen molar-refractivity contribution in [1.29, 1.82) is 10.5 Å². The van der Waals surface area contributed by atoms with Gasteiger partial charge in [-0.25, -0.2) is 0 Å². The number of hydrogen-bond acceptors (Lipinski definition) is 6. The van der Waals surface area contributed by atoms with Gasteiger partial charge >= 0.3 is 0 Å². The van der Waals surface area contributed by atoms with Crippen molar-refractivity contribution in [3.8, 4) is 12.1 Å². The molecule has 0 saturated heterocycles. The van der Waals surface area contributed by atoms with E-state index in [0.29, 0.717) is 63.5 Å². The highest BCUT2D eigenvalue weighted by Crippen LogP contribution is 2.34. The Hall–Kier alpha value is -4.79. The maximum Gasteiger partial charge on any atom is 0.227 e. The van der Waals surface area contributed by atoms with E-state index in [1.807, 2.05) is 101 Å². The van der Waals surface area contributed by atoms with E-state index in [0.717, 1.165) is 47.9 Å². The first kappa shape index (κ1) is 63.3. The van der Waals surface area contributed by atoms with E-state index in [1.165, 1.54) is 19.6 Å². The summed E-state index contributed by atoms with van der Waals surface area (Å²) in [6, 6.07) is 20.7. The van der Waals surface area contributed by atoms with Crippen LogP contribution in [-0.2, 0) is 22.7 Å². The highest BCUT2D eigenvalue weighted by Gasteiger charge is 2.34. The molecule has 6 unspecified atom stereocenters. The molecule has 7 nitrogen and oxygen atoms in total. The zero-order chi connectivity index (χ0) is 50.4. The highest BCUT2D eigenvalue weighted by atomic mass is 35.5. The fourth-order valence-corrected chi connectivity index (χ4v) is 6.76. The van der Waals surface area contributed by atoms with Crippen LogP contribution in [0.15, 0.2) is 111 Å². The third-order valence-corrected chi connectivity index (χ3v) is 12.8. The topological polar surface area (TPSA) is 123 Å². The molecular weight excluding hydrogens is 834 g/mol. The van der Waals surface area contributed by atoms with E-state index < -0.39 is 10.8 Å². The van der Waals surface area contributed by atoms with Crippen LogP contribution in [0.1, 0.15) is 149 Å². The predicted octanol–water partition coefficient (Wildman–Crippen LogP) is 14.8. The summed E-state index contributed by atoms with van der Waals surface area (Å²) in [7, 11) is 0.